The molecule has 1 atom stereocenters. The van der Waals surface area contributed by atoms with E-state index in [1.165, 1.54) is 109 Å². The van der Waals surface area contributed by atoms with Gasteiger partial charge in [0, 0.05) is 108 Å². The molecule has 0 saturated heterocycles. The van der Waals surface area contributed by atoms with Crippen molar-refractivity contribution >= 4 is 187 Å². The number of para-hydroxylation sites is 10. The van der Waals surface area contributed by atoms with Crippen LogP contribution in [-0.4, -0.2) is 56.9 Å². The molecule has 696 valence electrons. The van der Waals surface area contributed by atoms with Crippen LogP contribution in [0.5, 0.6) is 0 Å². The monoisotopic (exact) mass is 2460 g/mol. The smallest absolute Gasteiger partial charge is 0.352 e. The van der Waals surface area contributed by atoms with E-state index < -0.39 is 0 Å². The first-order valence-electron chi connectivity index (χ1n) is 47.6. The summed E-state index contributed by atoms with van der Waals surface area (Å²) in [5.74, 6) is 0.0737. The van der Waals surface area contributed by atoms with Crippen LogP contribution in [0.2, 0.25) is 0 Å². The topological polar surface area (TPSA) is 99.0 Å². The minimum atomic E-state index is 0. The molecule has 12 aromatic heterocycles. The molecule has 12 heterocycles. The number of aromatic nitrogens is 12. The van der Waals surface area contributed by atoms with Crippen molar-refractivity contribution < 1.29 is 63.2 Å². The first-order valence-corrected chi connectivity index (χ1v) is 50.1. The van der Waals surface area contributed by atoms with Gasteiger partial charge < -0.3 is 23.3 Å². The van der Waals surface area contributed by atoms with Crippen LogP contribution < -0.4 is 0 Å². The number of pyridine rings is 2. The van der Waals surface area contributed by atoms with E-state index in [-0.39, 0.29) is 69.1 Å². The third-order valence-corrected chi connectivity index (χ3v) is 31.1. The molecule has 18 aromatic carbocycles. The Bertz CT molecular complexity index is 10200. The second kappa shape index (κ2) is 36.9. The van der Waals surface area contributed by atoms with Gasteiger partial charge in [-0.25, -0.2) is 4.98 Å². The van der Waals surface area contributed by atoms with E-state index in [2.05, 4.69) is 449 Å². The largest absolute Gasteiger partial charge is 2.00 e. The standard InChI is InChI=1S/C46H26N3S.C44H25N5S.C38H22N4S.3Pt/c1-2-12-29(13-3-1)45-38-18-5-4-14-32(38)33-25-23-31(27-39(33)45)48-40-19-9-6-17-36(40)37-24-22-30(26-43(37)48)46-47-28-44(50-46)49-41-20-10-7-15-34(41)35-16-8-11-21-42(35)49;1-5-18-37-33(15-1)35-23-22-28(44-46-27-42(50-44)49-39-20-7-2-13-31(39)32-14-3-8-21-40(32)49)25-41(35)47(37)29-11-9-12-30(26-29)48-38-19-6-4-16-34(38)36-17-10-24-45-43(36)48;1-4-16-33-30(14-1)31-20-19-25(32-15-7-8-21-39-32)23-36(31)41(33)27-11-9-10-26(22-27)38-40-24-37(43-38)42-34-17-5-2-12-28(34)29-13-3-6-18-35(29)42;;;/h1-12,14-25,28,45H;1-24,27H;1-21,24H;;;/q-3;2*-2;;2*+2. The van der Waals surface area contributed by atoms with E-state index in [0.29, 0.717) is 0 Å². The third kappa shape index (κ3) is 14.6. The Balaban J connectivity index is 0.000000111. The van der Waals surface area contributed by atoms with Crippen molar-refractivity contribution in [3.63, 3.8) is 0 Å². The zero-order valence-corrected chi connectivity index (χ0v) is 86.5. The van der Waals surface area contributed by atoms with Gasteiger partial charge in [0.05, 0.1) is 57.2 Å². The van der Waals surface area contributed by atoms with E-state index in [0.717, 1.165) is 152 Å². The molecule has 0 radical (unpaired) electrons. The Morgan fingerprint density at radius 2 is 0.568 bits per heavy atom. The molecule has 1 unspecified atom stereocenters. The molecule has 0 saturated carbocycles. The SMILES string of the molecule is [Pt+2].[Pt+2].[Pt].[c-]1c(-c2ncc(-n3c4ccccc4c4ccccc43)s2)cccc1-n1c2[c-]c(-c3ccccn3)ccc2c2ccccc21.[c-]1c(-n2c3[c-]c(-c4ncc(-n5c6ccccc6c6ccccc65)s4)ccc3c3ccccc32)cccc1-n1c2ccccc2c2cccnc21.[c-]1ccccc1C1c2[c-]c(-n3c4[c-]c(-c5ncc(-n6c7ccccc7c7ccccc76)s5)ccc4c4ccccc43)ccc2-c2ccccc21. The van der Waals surface area contributed by atoms with Crippen molar-refractivity contribution in [3.8, 4) is 91.9 Å². The summed E-state index contributed by atoms with van der Waals surface area (Å²) in [6.45, 7) is 0. The fourth-order valence-electron chi connectivity index (χ4n) is 21.9. The van der Waals surface area contributed by atoms with Crippen LogP contribution in [0.1, 0.15) is 22.6 Å². The van der Waals surface area contributed by atoms with Crippen molar-refractivity contribution in [2.75, 3.05) is 0 Å². The van der Waals surface area contributed by atoms with Crippen LogP contribution in [-0.2, 0) is 63.2 Å². The van der Waals surface area contributed by atoms with Crippen LogP contribution in [0.3, 0.4) is 0 Å². The fraction of sp³-hybridized carbons (Fsp3) is 0.00781. The Labute approximate surface area is 892 Å². The molecule has 1 aliphatic carbocycles. The molecule has 30 aromatic rings. The van der Waals surface area contributed by atoms with Crippen LogP contribution in [0, 0.1) is 42.5 Å². The zero-order valence-electron chi connectivity index (χ0n) is 77.2. The summed E-state index contributed by atoms with van der Waals surface area (Å²) in [5, 5.41) is 22.8. The number of thiazole rings is 3. The van der Waals surface area contributed by atoms with Crippen molar-refractivity contribution in [3.05, 3.63) is 497 Å². The normalized spacial score (nSPS) is 12.3. The summed E-state index contributed by atoms with van der Waals surface area (Å²) in [6.07, 6.45) is 9.65. The second-order valence-electron chi connectivity index (χ2n) is 35.9. The predicted molar refractivity (Wildman–Crippen MR) is 589 cm³/mol. The number of hydrogen-bond donors (Lipinski definition) is 0. The predicted octanol–water partition coefficient (Wildman–Crippen LogP) is 32.3. The van der Waals surface area contributed by atoms with Crippen molar-refractivity contribution in [1.29, 1.82) is 0 Å². The van der Waals surface area contributed by atoms with Gasteiger partial charge in [-0.15, -0.1) is 171 Å². The van der Waals surface area contributed by atoms with E-state index in [1.807, 2.05) is 67.4 Å². The van der Waals surface area contributed by atoms with Crippen molar-refractivity contribution in [2.24, 2.45) is 0 Å². The van der Waals surface area contributed by atoms with Gasteiger partial charge in [0.15, 0.2) is 0 Å². The molecule has 0 spiro atoms. The summed E-state index contributed by atoms with van der Waals surface area (Å²) in [6, 6.07) is 169. The zero-order chi connectivity index (χ0) is 93.8. The van der Waals surface area contributed by atoms with Gasteiger partial charge in [-0.2, -0.15) is 54.1 Å². The van der Waals surface area contributed by atoms with Crippen LogP contribution >= 0.6 is 34.0 Å². The number of nitrogens with zero attached hydrogens (tertiary/aromatic N) is 12. The van der Waals surface area contributed by atoms with Gasteiger partial charge in [0.1, 0.15) is 20.7 Å². The first kappa shape index (κ1) is 89.9. The Kier molecular flexibility index (Phi) is 22.7. The molecule has 1 aliphatic rings. The Hall–Kier alpha value is -16.2. The van der Waals surface area contributed by atoms with Gasteiger partial charge in [-0.3, -0.25) is 28.7 Å². The number of rotatable bonds is 12. The second-order valence-corrected chi connectivity index (χ2v) is 38.9. The molecule has 0 bridgehead atoms. The van der Waals surface area contributed by atoms with Crippen LogP contribution in [0.4, 0.5) is 0 Å². The third-order valence-electron chi connectivity index (χ3n) is 28.1. The molecule has 0 amide bonds. The van der Waals surface area contributed by atoms with Gasteiger partial charge >= 0.3 is 42.1 Å². The summed E-state index contributed by atoms with van der Waals surface area (Å²) in [7, 11) is 0. The quantitative estimate of drug-likeness (QED) is 0.114. The van der Waals surface area contributed by atoms with E-state index in [1.54, 1.807) is 34.0 Å². The van der Waals surface area contributed by atoms with Gasteiger partial charge in [-0.05, 0) is 134 Å². The van der Waals surface area contributed by atoms with E-state index in [9.17, 15) is 0 Å². The summed E-state index contributed by atoms with van der Waals surface area (Å²) in [4.78, 5) is 24.2. The molecule has 146 heavy (non-hydrogen) atoms. The average molecular weight is 2460 g/mol. The molecular weight excluding hydrogens is 2390 g/mol. The Morgan fingerprint density at radius 1 is 0.226 bits per heavy atom. The molecule has 0 aliphatic heterocycles. The van der Waals surface area contributed by atoms with Crippen LogP contribution in [0.15, 0.2) is 437 Å². The molecule has 31 rings (SSSR count). The van der Waals surface area contributed by atoms with Gasteiger partial charge in [-0.1, -0.05) is 257 Å². The average Bonchev–Trinajstić information content (AvgIpc) is 1.57. The van der Waals surface area contributed by atoms with Gasteiger partial charge in [0.25, 0.3) is 0 Å². The van der Waals surface area contributed by atoms with Crippen molar-refractivity contribution in [1.82, 2.24) is 56.9 Å². The molecule has 12 nitrogen and oxygen atoms in total. The first-order chi connectivity index (χ1) is 71.0. The maximum absolute atomic E-state index is 4.98. The maximum Gasteiger partial charge on any atom is 2.00 e. The molecular formula is C128H73N12Pt3S3-3. The minimum Gasteiger partial charge on any atom is -0.352 e. The van der Waals surface area contributed by atoms with E-state index >= 15 is 0 Å². The summed E-state index contributed by atoms with van der Waals surface area (Å²) >= 11 is 5.07. The van der Waals surface area contributed by atoms with E-state index in [4.69, 9.17) is 19.9 Å². The number of hydrogen-bond acceptors (Lipinski definition) is 8. The minimum absolute atomic E-state index is 0. The summed E-state index contributed by atoms with van der Waals surface area (Å²) < 4.78 is 16.0. The number of fused-ring (bicyclic) bond motifs is 24. The molecule has 0 fully saturated rings. The fourth-order valence-corrected chi connectivity index (χ4v) is 24.7. The number of benzene rings is 18. The maximum atomic E-state index is 4.98. The van der Waals surface area contributed by atoms with Gasteiger partial charge in [0.2, 0.25) is 0 Å². The van der Waals surface area contributed by atoms with Crippen molar-refractivity contribution in [2.45, 2.75) is 5.92 Å². The molecule has 18 heteroatoms. The molecule has 0 N–H and O–H groups in total. The summed E-state index contributed by atoms with van der Waals surface area (Å²) in [5.41, 5.74) is 30.2. The van der Waals surface area contributed by atoms with Crippen LogP contribution in [0.25, 0.3) is 245 Å². The Morgan fingerprint density at radius 3 is 1.01 bits per heavy atom.